The Labute approximate surface area is 187 Å². The standard InChI is InChI=1S/C23H26N2O4S2/c1-3-29-19-6-4-17(5-7-19)22-16-30-23(24-22)25-14-12-21(13-15-25)31(26,27)20-10-8-18(28-2)9-11-20/h4-11,16,21H,3,12-15H2,1-2H3. The number of sulfone groups is 1. The van der Waals surface area contributed by atoms with E-state index in [1.54, 1.807) is 42.7 Å². The zero-order chi connectivity index (χ0) is 21.8. The summed E-state index contributed by atoms with van der Waals surface area (Å²) in [5.41, 5.74) is 1.97. The average molecular weight is 459 g/mol. The molecule has 31 heavy (non-hydrogen) atoms. The molecule has 0 spiro atoms. The summed E-state index contributed by atoms with van der Waals surface area (Å²) < 4.78 is 36.6. The van der Waals surface area contributed by atoms with Crippen molar-refractivity contribution in [1.29, 1.82) is 0 Å². The highest BCUT2D eigenvalue weighted by molar-refractivity contribution is 7.92. The van der Waals surface area contributed by atoms with E-state index in [0.29, 0.717) is 43.2 Å². The van der Waals surface area contributed by atoms with Crippen LogP contribution in [-0.4, -0.2) is 45.5 Å². The number of piperidine rings is 1. The molecule has 0 aliphatic carbocycles. The summed E-state index contributed by atoms with van der Waals surface area (Å²) >= 11 is 1.59. The second-order valence-corrected chi connectivity index (χ2v) is 10.4. The van der Waals surface area contributed by atoms with Crippen molar-refractivity contribution < 1.29 is 17.9 Å². The van der Waals surface area contributed by atoms with E-state index >= 15 is 0 Å². The molecule has 0 atom stereocenters. The van der Waals surface area contributed by atoms with E-state index < -0.39 is 9.84 Å². The Hall–Kier alpha value is -2.58. The third-order valence-electron chi connectivity index (χ3n) is 5.49. The Morgan fingerprint density at radius 1 is 1.03 bits per heavy atom. The average Bonchev–Trinajstić information content (AvgIpc) is 3.30. The summed E-state index contributed by atoms with van der Waals surface area (Å²) in [6.45, 7) is 3.96. The van der Waals surface area contributed by atoms with Gasteiger partial charge in [0.2, 0.25) is 0 Å². The normalized spacial score (nSPS) is 15.1. The molecule has 1 aliphatic heterocycles. The van der Waals surface area contributed by atoms with Crippen LogP contribution in [0, 0.1) is 0 Å². The van der Waals surface area contributed by atoms with E-state index in [0.717, 1.165) is 22.1 Å². The van der Waals surface area contributed by atoms with Gasteiger partial charge in [-0.1, -0.05) is 0 Å². The Kier molecular flexibility index (Phi) is 6.48. The molecular weight excluding hydrogens is 432 g/mol. The Bertz CT molecular complexity index is 1100. The molecule has 6 nitrogen and oxygen atoms in total. The largest absolute Gasteiger partial charge is 0.497 e. The van der Waals surface area contributed by atoms with Crippen molar-refractivity contribution in [2.45, 2.75) is 29.9 Å². The minimum atomic E-state index is -3.35. The molecule has 1 saturated heterocycles. The van der Waals surface area contributed by atoms with Crippen LogP contribution in [0.5, 0.6) is 11.5 Å². The van der Waals surface area contributed by atoms with Crippen LogP contribution >= 0.6 is 11.3 Å². The number of ether oxygens (including phenoxy) is 2. The number of hydrogen-bond acceptors (Lipinski definition) is 7. The minimum absolute atomic E-state index is 0.360. The summed E-state index contributed by atoms with van der Waals surface area (Å²) in [7, 11) is -1.78. The van der Waals surface area contributed by atoms with E-state index in [1.165, 1.54) is 0 Å². The maximum Gasteiger partial charge on any atom is 0.185 e. The number of aromatic nitrogens is 1. The topological polar surface area (TPSA) is 68.7 Å². The lowest BCUT2D eigenvalue weighted by molar-refractivity contribution is 0.340. The molecular formula is C23H26N2O4S2. The number of anilines is 1. The van der Waals surface area contributed by atoms with Gasteiger partial charge in [0.15, 0.2) is 15.0 Å². The van der Waals surface area contributed by atoms with Gasteiger partial charge in [-0.15, -0.1) is 11.3 Å². The molecule has 2 heterocycles. The SMILES string of the molecule is CCOc1ccc(-c2csc(N3CCC(S(=O)(=O)c4ccc(OC)cc4)CC3)n2)cc1. The van der Waals surface area contributed by atoms with Gasteiger partial charge in [-0.25, -0.2) is 13.4 Å². The molecule has 0 amide bonds. The zero-order valence-electron chi connectivity index (χ0n) is 17.7. The molecule has 4 rings (SSSR count). The lowest BCUT2D eigenvalue weighted by atomic mass is 10.1. The maximum absolute atomic E-state index is 13.0. The predicted molar refractivity (Wildman–Crippen MR) is 124 cm³/mol. The second kappa shape index (κ2) is 9.28. The molecule has 0 unspecified atom stereocenters. The second-order valence-electron chi connectivity index (χ2n) is 7.38. The molecule has 2 aromatic carbocycles. The summed E-state index contributed by atoms with van der Waals surface area (Å²) in [6, 6.07) is 14.6. The van der Waals surface area contributed by atoms with E-state index in [4.69, 9.17) is 14.5 Å². The molecule has 8 heteroatoms. The van der Waals surface area contributed by atoms with Crippen LogP contribution in [-0.2, 0) is 9.84 Å². The Morgan fingerprint density at radius 2 is 1.68 bits per heavy atom. The van der Waals surface area contributed by atoms with E-state index in [2.05, 4.69) is 4.90 Å². The van der Waals surface area contributed by atoms with Crippen molar-refractivity contribution in [3.63, 3.8) is 0 Å². The summed E-state index contributed by atoms with van der Waals surface area (Å²) in [6.07, 6.45) is 1.18. The highest BCUT2D eigenvalue weighted by Crippen LogP contribution is 2.32. The van der Waals surface area contributed by atoms with E-state index in [1.807, 2.05) is 36.6 Å². The first-order valence-corrected chi connectivity index (χ1v) is 12.8. The third-order valence-corrected chi connectivity index (χ3v) is 8.67. The molecule has 3 aromatic rings. The van der Waals surface area contributed by atoms with Crippen molar-refractivity contribution in [3.05, 3.63) is 53.9 Å². The fourth-order valence-corrected chi connectivity index (χ4v) is 6.37. The number of benzene rings is 2. The lowest BCUT2D eigenvalue weighted by Crippen LogP contribution is -2.39. The summed E-state index contributed by atoms with van der Waals surface area (Å²) in [5.74, 6) is 1.50. The van der Waals surface area contributed by atoms with Crippen molar-refractivity contribution in [1.82, 2.24) is 4.98 Å². The highest BCUT2D eigenvalue weighted by atomic mass is 32.2. The Morgan fingerprint density at radius 3 is 2.29 bits per heavy atom. The first-order chi connectivity index (χ1) is 15.0. The van der Waals surface area contributed by atoms with E-state index in [9.17, 15) is 8.42 Å². The van der Waals surface area contributed by atoms with Crippen molar-refractivity contribution in [2.75, 3.05) is 31.7 Å². The lowest BCUT2D eigenvalue weighted by Gasteiger charge is -2.31. The molecule has 1 aromatic heterocycles. The van der Waals surface area contributed by atoms with Crippen LogP contribution < -0.4 is 14.4 Å². The van der Waals surface area contributed by atoms with Crippen LogP contribution in [0.1, 0.15) is 19.8 Å². The van der Waals surface area contributed by atoms with Crippen LogP contribution in [0.25, 0.3) is 11.3 Å². The first-order valence-electron chi connectivity index (χ1n) is 10.3. The third kappa shape index (κ3) is 4.70. The molecule has 1 fully saturated rings. The maximum atomic E-state index is 13.0. The van der Waals surface area contributed by atoms with Gasteiger partial charge in [-0.2, -0.15) is 0 Å². The monoisotopic (exact) mass is 458 g/mol. The van der Waals surface area contributed by atoms with Gasteiger partial charge in [0.05, 0.1) is 29.6 Å². The summed E-state index contributed by atoms with van der Waals surface area (Å²) in [5, 5.41) is 2.61. The zero-order valence-corrected chi connectivity index (χ0v) is 19.3. The van der Waals surface area contributed by atoms with Gasteiger partial charge >= 0.3 is 0 Å². The first kappa shape index (κ1) is 21.6. The predicted octanol–water partition coefficient (Wildman–Crippen LogP) is 4.66. The Balaban J connectivity index is 1.40. The molecule has 0 radical (unpaired) electrons. The van der Waals surface area contributed by atoms with Crippen molar-refractivity contribution in [3.8, 4) is 22.8 Å². The number of hydrogen-bond donors (Lipinski definition) is 0. The fourth-order valence-electron chi connectivity index (χ4n) is 3.75. The number of nitrogens with zero attached hydrogens (tertiary/aromatic N) is 2. The van der Waals surface area contributed by atoms with Gasteiger partial charge in [-0.3, -0.25) is 0 Å². The van der Waals surface area contributed by atoms with Crippen LogP contribution in [0.4, 0.5) is 5.13 Å². The van der Waals surface area contributed by atoms with Crippen LogP contribution in [0.2, 0.25) is 0 Å². The highest BCUT2D eigenvalue weighted by Gasteiger charge is 2.32. The smallest absolute Gasteiger partial charge is 0.185 e. The molecule has 0 N–H and O–H groups in total. The number of methoxy groups -OCH3 is 1. The molecule has 0 bridgehead atoms. The minimum Gasteiger partial charge on any atom is -0.497 e. The van der Waals surface area contributed by atoms with Gasteiger partial charge in [0, 0.05) is 24.0 Å². The van der Waals surface area contributed by atoms with Crippen molar-refractivity contribution in [2.24, 2.45) is 0 Å². The van der Waals surface area contributed by atoms with Crippen LogP contribution in [0.3, 0.4) is 0 Å². The van der Waals surface area contributed by atoms with Crippen molar-refractivity contribution >= 4 is 26.3 Å². The number of rotatable bonds is 7. The van der Waals surface area contributed by atoms with Gasteiger partial charge in [-0.05, 0) is 68.3 Å². The van der Waals surface area contributed by atoms with Gasteiger partial charge < -0.3 is 14.4 Å². The van der Waals surface area contributed by atoms with Gasteiger partial charge in [0.1, 0.15) is 11.5 Å². The fraction of sp³-hybridized carbons (Fsp3) is 0.348. The summed E-state index contributed by atoms with van der Waals surface area (Å²) in [4.78, 5) is 7.33. The quantitative estimate of drug-likeness (QED) is 0.513. The molecule has 164 valence electrons. The molecule has 1 aliphatic rings. The van der Waals surface area contributed by atoms with Crippen LogP contribution in [0.15, 0.2) is 58.8 Å². The van der Waals surface area contributed by atoms with E-state index in [-0.39, 0.29) is 5.25 Å². The molecule has 0 saturated carbocycles. The number of thiazole rings is 1. The van der Waals surface area contributed by atoms with Gasteiger partial charge in [0.25, 0.3) is 0 Å².